The Morgan fingerprint density at radius 3 is 0.946 bits per heavy atom. The molecular weight excluding hydrogens is 895 g/mol. The van der Waals surface area contributed by atoms with Gasteiger partial charge in [0, 0.05) is 46.4 Å². The van der Waals surface area contributed by atoms with Gasteiger partial charge in [0.25, 0.3) is 0 Å². The second-order valence-electron chi connectivity index (χ2n) is 18.2. The van der Waals surface area contributed by atoms with Crippen LogP contribution in [0.1, 0.15) is 11.1 Å². The van der Waals surface area contributed by atoms with Gasteiger partial charge in [-0.05, 0) is 163 Å². The van der Waals surface area contributed by atoms with Gasteiger partial charge < -0.3 is 0 Å². The van der Waals surface area contributed by atoms with Gasteiger partial charge in [0.2, 0.25) is 0 Å². The van der Waals surface area contributed by atoms with Crippen molar-refractivity contribution in [3.63, 3.8) is 0 Å². The van der Waals surface area contributed by atoms with E-state index in [2.05, 4.69) is 222 Å². The Balaban J connectivity index is 1.02. The highest BCUT2D eigenvalue weighted by Crippen LogP contribution is 2.45. The van der Waals surface area contributed by atoms with Crippen LogP contribution in [0, 0.1) is 11.8 Å². The lowest BCUT2D eigenvalue weighted by Gasteiger charge is -2.19. The van der Waals surface area contributed by atoms with E-state index < -0.39 is 0 Å². The zero-order valence-electron chi connectivity index (χ0n) is 40.5. The number of hydrogen-bond donors (Lipinski definition) is 0. The standard InChI is InChI=1S/C71H47N3/c1-2-16-50(17-3-1)27-28-51-29-31-54(32-30-51)68-49-57(71-26-12-15-45-74-71)41-42-67(68)66-23-9-8-22-65(66)60-47-58(63-20-6-4-18-61(63)52-33-37-55(38-34-52)69-24-10-13-43-72-69)46-59(48-60)64-21-7-5-19-62(64)53-35-39-56(40-36-53)70-25-11-14-44-73-70/h1-26,29-49H. The van der Waals surface area contributed by atoms with Crippen molar-refractivity contribution in [3.8, 4) is 124 Å². The van der Waals surface area contributed by atoms with Crippen LogP contribution in [-0.2, 0) is 0 Å². The SMILES string of the molecule is C(#Cc1ccc(-c2cc(-c3ccccn3)ccc2-c2ccccc2-c2cc(-c3ccccc3-c3ccc(-c4ccccn4)cc3)cc(-c3ccccc3-c3ccc(-c4ccccn4)cc3)c2)cc1)c1ccccc1. The summed E-state index contributed by atoms with van der Waals surface area (Å²) in [6.07, 6.45) is 5.54. The molecule has 0 aliphatic carbocycles. The largest absolute Gasteiger partial charge is 0.256 e. The minimum atomic E-state index is 0.923. The van der Waals surface area contributed by atoms with Crippen LogP contribution >= 0.6 is 0 Å². The van der Waals surface area contributed by atoms with Crippen molar-refractivity contribution in [1.29, 1.82) is 0 Å². The molecule has 0 spiro atoms. The summed E-state index contributed by atoms with van der Waals surface area (Å²) >= 11 is 0. The molecule has 3 heteroatoms. The molecule has 0 atom stereocenters. The molecule has 0 N–H and O–H groups in total. The van der Waals surface area contributed by atoms with Crippen LogP contribution in [0.4, 0.5) is 0 Å². The van der Waals surface area contributed by atoms with Crippen molar-refractivity contribution < 1.29 is 0 Å². The molecular formula is C71H47N3. The quantitative estimate of drug-likeness (QED) is 0.128. The maximum Gasteiger partial charge on any atom is 0.0702 e. The van der Waals surface area contributed by atoms with Crippen molar-refractivity contribution in [2.45, 2.75) is 0 Å². The third kappa shape index (κ3) is 9.60. The van der Waals surface area contributed by atoms with Gasteiger partial charge in [0.1, 0.15) is 0 Å². The first-order valence-corrected chi connectivity index (χ1v) is 24.9. The summed E-state index contributed by atoms with van der Waals surface area (Å²) in [4.78, 5) is 14.0. The van der Waals surface area contributed by atoms with E-state index in [1.807, 2.05) is 85.3 Å². The molecule has 346 valence electrons. The molecule has 0 amide bonds. The zero-order valence-corrected chi connectivity index (χ0v) is 40.5. The Morgan fingerprint density at radius 2 is 0.500 bits per heavy atom. The van der Waals surface area contributed by atoms with Crippen LogP contribution in [0.2, 0.25) is 0 Å². The summed E-state index contributed by atoms with van der Waals surface area (Å²) in [6, 6.07) is 94.6. The zero-order chi connectivity index (χ0) is 49.5. The van der Waals surface area contributed by atoms with Crippen molar-refractivity contribution >= 4 is 0 Å². The number of pyridine rings is 3. The molecule has 74 heavy (non-hydrogen) atoms. The first kappa shape index (κ1) is 45.1. The average Bonchev–Trinajstić information content (AvgIpc) is 3.49. The highest BCUT2D eigenvalue weighted by molar-refractivity contribution is 5.97. The Morgan fingerprint density at radius 1 is 0.189 bits per heavy atom. The van der Waals surface area contributed by atoms with Crippen LogP contribution in [0.5, 0.6) is 0 Å². The highest BCUT2D eigenvalue weighted by atomic mass is 14.7. The van der Waals surface area contributed by atoms with Crippen LogP contribution < -0.4 is 0 Å². The second-order valence-corrected chi connectivity index (χ2v) is 18.2. The van der Waals surface area contributed by atoms with Gasteiger partial charge in [-0.3, -0.25) is 15.0 Å². The fraction of sp³-hybridized carbons (Fsp3) is 0. The predicted octanol–water partition coefficient (Wildman–Crippen LogP) is 17.9. The fourth-order valence-corrected chi connectivity index (χ4v) is 9.85. The second kappa shape index (κ2) is 20.8. The van der Waals surface area contributed by atoms with E-state index >= 15 is 0 Å². The number of hydrogen-bond acceptors (Lipinski definition) is 3. The monoisotopic (exact) mass is 941 g/mol. The molecule has 0 aliphatic heterocycles. The molecule has 9 aromatic carbocycles. The van der Waals surface area contributed by atoms with E-state index in [4.69, 9.17) is 4.98 Å². The number of aromatic nitrogens is 3. The molecule has 0 saturated heterocycles. The maximum atomic E-state index is 4.77. The topological polar surface area (TPSA) is 38.7 Å². The van der Waals surface area contributed by atoms with Crippen LogP contribution in [0.25, 0.3) is 112 Å². The smallest absolute Gasteiger partial charge is 0.0702 e. The van der Waals surface area contributed by atoms with Gasteiger partial charge in [-0.25, -0.2) is 0 Å². The normalized spacial score (nSPS) is 10.9. The number of nitrogens with zero attached hydrogens (tertiary/aromatic N) is 3. The minimum Gasteiger partial charge on any atom is -0.256 e. The molecule has 0 aliphatic rings. The van der Waals surface area contributed by atoms with E-state index in [1.54, 1.807) is 0 Å². The summed E-state index contributed by atoms with van der Waals surface area (Å²) in [5, 5.41) is 0. The molecule has 3 heterocycles. The molecule has 0 fully saturated rings. The van der Waals surface area contributed by atoms with E-state index in [0.29, 0.717) is 0 Å². The van der Waals surface area contributed by atoms with Crippen LogP contribution in [-0.4, -0.2) is 15.0 Å². The summed E-state index contributed by atoms with van der Waals surface area (Å²) < 4.78 is 0. The maximum absolute atomic E-state index is 4.77. The first-order chi connectivity index (χ1) is 36.7. The molecule has 3 aromatic heterocycles. The summed E-state index contributed by atoms with van der Waals surface area (Å²) in [5.74, 6) is 6.70. The summed E-state index contributed by atoms with van der Waals surface area (Å²) in [7, 11) is 0. The van der Waals surface area contributed by atoms with Gasteiger partial charge in [0.15, 0.2) is 0 Å². The Hall–Kier alpha value is -10.0. The third-order valence-electron chi connectivity index (χ3n) is 13.6. The third-order valence-corrected chi connectivity index (χ3v) is 13.6. The lowest BCUT2D eigenvalue weighted by Crippen LogP contribution is -1.94. The molecule has 3 nitrogen and oxygen atoms in total. The summed E-state index contributed by atoms with van der Waals surface area (Å²) in [5.41, 5.74) is 23.8. The average molecular weight is 942 g/mol. The molecule has 12 aromatic rings. The number of benzene rings is 9. The van der Waals surface area contributed by atoms with Crippen LogP contribution in [0.15, 0.2) is 286 Å². The summed E-state index contributed by atoms with van der Waals surface area (Å²) in [6.45, 7) is 0. The predicted molar refractivity (Wildman–Crippen MR) is 307 cm³/mol. The minimum absolute atomic E-state index is 0.923. The molecule has 0 radical (unpaired) electrons. The van der Waals surface area contributed by atoms with Gasteiger partial charge in [-0.1, -0.05) is 194 Å². The van der Waals surface area contributed by atoms with Gasteiger partial charge in [-0.2, -0.15) is 0 Å². The number of rotatable bonds is 10. The lowest BCUT2D eigenvalue weighted by atomic mass is 9.84. The molecule has 0 bridgehead atoms. The van der Waals surface area contributed by atoms with Gasteiger partial charge >= 0.3 is 0 Å². The van der Waals surface area contributed by atoms with E-state index in [-0.39, 0.29) is 0 Å². The molecule has 0 saturated carbocycles. The van der Waals surface area contributed by atoms with Gasteiger partial charge in [-0.15, -0.1) is 0 Å². The van der Waals surface area contributed by atoms with E-state index in [1.165, 1.54) is 0 Å². The van der Waals surface area contributed by atoms with Crippen LogP contribution in [0.3, 0.4) is 0 Å². The molecule has 12 rings (SSSR count). The Kier molecular flexibility index (Phi) is 12.7. The Labute approximate surface area is 432 Å². The van der Waals surface area contributed by atoms with E-state index in [9.17, 15) is 0 Å². The van der Waals surface area contributed by atoms with Crippen molar-refractivity contribution in [1.82, 2.24) is 15.0 Å². The van der Waals surface area contributed by atoms with Gasteiger partial charge in [0.05, 0.1) is 17.1 Å². The van der Waals surface area contributed by atoms with E-state index in [0.717, 1.165) is 123 Å². The van der Waals surface area contributed by atoms with Crippen molar-refractivity contribution in [2.24, 2.45) is 0 Å². The lowest BCUT2D eigenvalue weighted by molar-refractivity contribution is 1.33. The van der Waals surface area contributed by atoms with Crippen molar-refractivity contribution in [3.05, 3.63) is 297 Å². The first-order valence-electron chi connectivity index (χ1n) is 24.9. The highest BCUT2D eigenvalue weighted by Gasteiger charge is 2.19. The van der Waals surface area contributed by atoms with Crippen molar-refractivity contribution in [2.75, 3.05) is 0 Å². The molecule has 0 unspecified atom stereocenters. The Bertz CT molecular complexity index is 3810. The fourth-order valence-electron chi connectivity index (χ4n) is 9.85.